The lowest BCUT2D eigenvalue weighted by molar-refractivity contribution is 0.411. The summed E-state index contributed by atoms with van der Waals surface area (Å²) < 4.78 is 7.18. The molecular weight excluding hydrogens is 461 g/mol. The van der Waals surface area contributed by atoms with Crippen LogP contribution in [-0.4, -0.2) is 45.9 Å². The second kappa shape index (κ2) is 12.2. The number of amidine groups is 2. The van der Waals surface area contributed by atoms with Crippen molar-refractivity contribution >= 4 is 36.5 Å². The van der Waals surface area contributed by atoms with E-state index in [0.29, 0.717) is 23.1 Å². The van der Waals surface area contributed by atoms with Gasteiger partial charge in [-0.25, -0.2) is 4.68 Å². The van der Waals surface area contributed by atoms with Crippen LogP contribution < -0.4 is 16.2 Å². The van der Waals surface area contributed by atoms with Crippen LogP contribution in [0.1, 0.15) is 38.8 Å². The number of nitrogens with two attached hydrogens (primary N) is 2. The largest absolute Gasteiger partial charge is 0.494 e. The molecule has 3 rings (SSSR count). The predicted octanol–water partition coefficient (Wildman–Crippen LogP) is 4.01. The van der Waals surface area contributed by atoms with Gasteiger partial charge in [-0.1, -0.05) is 23.4 Å². The molecule has 3 aromatic rings. The molecule has 4 N–H and O–H groups in total. The third-order valence-corrected chi connectivity index (χ3v) is 4.46. The monoisotopic (exact) mass is 491 g/mol. The minimum Gasteiger partial charge on any atom is -0.494 e. The standard InChI is InChI=1S/C23H29N7O.2ClH/c1-14(2)26-22(24)17-8-6-7-16(11-17)19-13-30(29-28-19)20-12-18(9-10-21(20)31-5)23(25)27-15(3)4;;/h6-15H,1-5H3,(H2,24,26)(H2,25,27);2*1H. The normalized spacial score (nSPS) is 11.8. The summed E-state index contributed by atoms with van der Waals surface area (Å²) in [5.41, 5.74) is 16.2. The lowest BCUT2D eigenvalue weighted by atomic mass is 10.1. The lowest BCUT2D eigenvalue weighted by Crippen LogP contribution is -2.16. The smallest absolute Gasteiger partial charge is 0.144 e. The zero-order chi connectivity index (χ0) is 22.5. The highest BCUT2D eigenvalue weighted by molar-refractivity contribution is 5.99. The molecule has 1 heterocycles. The SMILES string of the molecule is COc1ccc(C(N)=NC(C)C)cc1-n1cc(-c2cccc(C(N)=NC(C)C)c2)nn1.Cl.Cl. The molecule has 0 radical (unpaired) electrons. The van der Waals surface area contributed by atoms with Gasteiger partial charge in [0.2, 0.25) is 0 Å². The fraction of sp³-hybridized carbons (Fsp3) is 0.304. The number of aliphatic imine (C=N–C) groups is 2. The molecule has 0 fully saturated rings. The Hall–Kier alpha value is -3.10. The summed E-state index contributed by atoms with van der Waals surface area (Å²) >= 11 is 0. The number of methoxy groups -OCH3 is 1. The molecule has 0 unspecified atom stereocenters. The van der Waals surface area contributed by atoms with Gasteiger partial charge in [0, 0.05) is 28.8 Å². The van der Waals surface area contributed by atoms with Gasteiger partial charge < -0.3 is 16.2 Å². The maximum absolute atomic E-state index is 6.15. The third-order valence-electron chi connectivity index (χ3n) is 4.46. The fourth-order valence-electron chi connectivity index (χ4n) is 3.09. The molecule has 8 nitrogen and oxygen atoms in total. The highest BCUT2D eigenvalue weighted by atomic mass is 35.5. The zero-order valence-electron chi connectivity index (χ0n) is 19.4. The number of aromatic nitrogens is 3. The van der Waals surface area contributed by atoms with Crippen LogP contribution in [0.25, 0.3) is 16.9 Å². The Morgan fingerprint density at radius 3 is 2.09 bits per heavy atom. The van der Waals surface area contributed by atoms with Gasteiger partial charge in [0.15, 0.2) is 0 Å². The van der Waals surface area contributed by atoms with E-state index >= 15 is 0 Å². The van der Waals surface area contributed by atoms with Crippen molar-refractivity contribution in [2.75, 3.05) is 7.11 Å². The van der Waals surface area contributed by atoms with Crippen LogP contribution in [0.5, 0.6) is 5.75 Å². The van der Waals surface area contributed by atoms with Gasteiger partial charge in [0.25, 0.3) is 0 Å². The number of rotatable bonds is 7. The van der Waals surface area contributed by atoms with Crippen molar-refractivity contribution in [1.29, 1.82) is 0 Å². The summed E-state index contributed by atoms with van der Waals surface area (Å²) in [6, 6.07) is 13.6. The number of nitrogens with zero attached hydrogens (tertiary/aromatic N) is 5. The van der Waals surface area contributed by atoms with E-state index in [1.165, 1.54) is 0 Å². The van der Waals surface area contributed by atoms with Gasteiger partial charge >= 0.3 is 0 Å². The molecular formula is C23H31Cl2N7O. The van der Waals surface area contributed by atoms with Crippen molar-refractivity contribution in [3.05, 3.63) is 59.8 Å². The highest BCUT2D eigenvalue weighted by Gasteiger charge is 2.13. The summed E-state index contributed by atoms with van der Waals surface area (Å²) in [6.07, 6.45) is 1.84. The molecule has 178 valence electrons. The molecule has 0 spiro atoms. The molecule has 0 amide bonds. The summed E-state index contributed by atoms with van der Waals surface area (Å²) in [7, 11) is 1.61. The van der Waals surface area contributed by atoms with Gasteiger partial charge in [-0.2, -0.15) is 0 Å². The van der Waals surface area contributed by atoms with Gasteiger partial charge in [-0.05, 0) is 52.0 Å². The third kappa shape index (κ3) is 6.94. The Labute approximate surface area is 207 Å². The Morgan fingerprint density at radius 1 is 0.909 bits per heavy atom. The maximum atomic E-state index is 6.15. The second-order valence-corrected chi connectivity index (χ2v) is 7.73. The summed E-state index contributed by atoms with van der Waals surface area (Å²) in [5.74, 6) is 1.62. The van der Waals surface area contributed by atoms with Crippen molar-refractivity contribution in [2.24, 2.45) is 21.5 Å². The first-order valence-corrected chi connectivity index (χ1v) is 10.2. The van der Waals surface area contributed by atoms with Crippen LogP contribution in [0.4, 0.5) is 0 Å². The van der Waals surface area contributed by atoms with Gasteiger partial charge in [0.05, 0.1) is 13.3 Å². The molecule has 2 aromatic carbocycles. The summed E-state index contributed by atoms with van der Waals surface area (Å²) in [4.78, 5) is 8.84. The number of halogens is 2. The first kappa shape index (κ1) is 27.9. The quantitative estimate of drug-likeness (QED) is 0.382. The number of hydrogen-bond donors (Lipinski definition) is 2. The molecule has 0 bridgehead atoms. The van der Waals surface area contributed by atoms with Gasteiger partial charge in [0.1, 0.15) is 28.8 Å². The molecule has 0 atom stereocenters. The van der Waals surface area contributed by atoms with E-state index in [0.717, 1.165) is 22.4 Å². The van der Waals surface area contributed by atoms with Crippen LogP contribution in [0.15, 0.2) is 58.6 Å². The molecule has 10 heteroatoms. The molecule has 0 aliphatic heterocycles. The van der Waals surface area contributed by atoms with Crippen LogP contribution in [-0.2, 0) is 0 Å². The van der Waals surface area contributed by atoms with Crippen LogP contribution >= 0.6 is 24.8 Å². The minimum absolute atomic E-state index is 0. The van der Waals surface area contributed by atoms with Crippen LogP contribution in [0, 0.1) is 0 Å². The molecule has 0 aliphatic carbocycles. The first-order chi connectivity index (χ1) is 14.8. The molecule has 0 saturated heterocycles. The maximum Gasteiger partial charge on any atom is 0.144 e. The van der Waals surface area contributed by atoms with Gasteiger partial charge in [-0.15, -0.1) is 29.9 Å². The number of hydrogen-bond acceptors (Lipinski definition) is 5. The van der Waals surface area contributed by atoms with Crippen molar-refractivity contribution in [1.82, 2.24) is 15.0 Å². The van der Waals surface area contributed by atoms with E-state index in [2.05, 4.69) is 20.3 Å². The predicted molar refractivity (Wildman–Crippen MR) is 140 cm³/mol. The fourth-order valence-corrected chi connectivity index (χ4v) is 3.09. The zero-order valence-corrected chi connectivity index (χ0v) is 21.0. The Kier molecular flexibility index (Phi) is 10.3. The van der Waals surface area contributed by atoms with Crippen molar-refractivity contribution < 1.29 is 4.74 Å². The van der Waals surface area contributed by atoms with Gasteiger partial charge in [-0.3, -0.25) is 9.98 Å². The number of benzene rings is 2. The van der Waals surface area contributed by atoms with E-state index < -0.39 is 0 Å². The topological polar surface area (TPSA) is 117 Å². The summed E-state index contributed by atoms with van der Waals surface area (Å²) in [5, 5.41) is 8.64. The molecule has 0 aliphatic rings. The first-order valence-electron chi connectivity index (χ1n) is 10.2. The van der Waals surface area contributed by atoms with Crippen molar-refractivity contribution in [2.45, 2.75) is 39.8 Å². The molecule has 33 heavy (non-hydrogen) atoms. The Balaban J connectivity index is 0.00000272. The second-order valence-electron chi connectivity index (χ2n) is 7.73. The van der Waals surface area contributed by atoms with Crippen molar-refractivity contribution in [3.63, 3.8) is 0 Å². The highest BCUT2D eigenvalue weighted by Crippen LogP contribution is 2.26. The molecule has 0 saturated carbocycles. The Bertz CT molecular complexity index is 1120. The van der Waals surface area contributed by atoms with Crippen LogP contribution in [0.2, 0.25) is 0 Å². The van der Waals surface area contributed by atoms with E-state index in [1.807, 2.05) is 76.4 Å². The van der Waals surface area contributed by atoms with E-state index in [-0.39, 0.29) is 36.9 Å². The summed E-state index contributed by atoms with van der Waals surface area (Å²) in [6.45, 7) is 7.94. The average Bonchev–Trinajstić information content (AvgIpc) is 3.22. The van der Waals surface area contributed by atoms with E-state index in [4.69, 9.17) is 16.2 Å². The van der Waals surface area contributed by atoms with Crippen molar-refractivity contribution in [3.8, 4) is 22.7 Å². The minimum atomic E-state index is 0. The lowest BCUT2D eigenvalue weighted by Gasteiger charge is -2.10. The van der Waals surface area contributed by atoms with E-state index in [9.17, 15) is 0 Å². The Morgan fingerprint density at radius 2 is 1.52 bits per heavy atom. The molecule has 1 aromatic heterocycles. The van der Waals surface area contributed by atoms with Crippen LogP contribution in [0.3, 0.4) is 0 Å². The average molecular weight is 492 g/mol. The number of ether oxygens (including phenoxy) is 1. The van der Waals surface area contributed by atoms with E-state index in [1.54, 1.807) is 11.8 Å².